The largest absolute Gasteiger partial charge is 0.494 e. The van der Waals surface area contributed by atoms with Crippen molar-refractivity contribution in [3.63, 3.8) is 0 Å². The van der Waals surface area contributed by atoms with Crippen molar-refractivity contribution < 1.29 is 14.6 Å². The molecule has 0 bridgehead atoms. The fourth-order valence-corrected chi connectivity index (χ4v) is 1.56. The van der Waals surface area contributed by atoms with Crippen LogP contribution in [0.15, 0.2) is 24.3 Å². The number of rotatable bonds is 5. The molecule has 0 radical (unpaired) electrons. The lowest BCUT2D eigenvalue weighted by Gasteiger charge is -2.18. The third-order valence-corrected chi connectivity index (χ3v) is 2.30. The number of nitrogens with zero attached hydrogens (tertiary/aromatic N) is 1. The summed E-state index contributed by atoms with van der Waals surface area (Å²) in [4.78, 5) is 13.4. The van der Waals surface area contributed by atoms with Crippen LogP contribution in [0.1, 0.15) is 24.2 Å². The van der Waals surface area contributed by atoms with Crippen molar-refractivity contribution in [1.29, 1.82) is 0 Å². The molecule has 17 heavy (non-hydrogen) atoms. The topological polar surface area (TPSA) is 49.8 Å². The van der Waals surface area contributed by atoms with E-state index in [0.717, 1.165) is 5.75 Å². The second-order valence-corrected chi connectivity index (χ2v) is 3.99. The number of amides is 1. The van der Waals surface area contributed by atoms with Crippen molar-refractivity contribution in [3.8, 4) is 5.75 Å². The molecule has 4 nitrogen and oxygen atoms in total. The number of benzene rings is 1. The van der Waals surface area contributed by atoms with Gasteiger partial charge in [0, 0.05) is 19.2 Å². The van der Waals surface area contributed by atoms with Gasteiger partial charge in [-0.3, -0.25) is 4.79 Å². The lowest BCUT2D eigenvalue weighted by atomic mass is 10.2. The van der Waals surface area contributed by atoms with Gasteiger partial charge in [-0.05, 0) is 38.1 Å². The third kappa shape index (κ3) is 4.07. The highest BCUT2D eigenvalue weighted by Gasteiger charge is 2.13. The Kier molecular flexibility index (Phi) is 4.97. The first-order valence-corrected chi connectivity index (χ1v) is 5.71. The van der Waals surface area contributed by atoms with E-state index in [2.05, 4.69) is 0 Å². The van der Waals surface area contributed by atoms with Crippen LogP contribution in [0.25, 0.3) is 0 Å². The second kappa shape index (κ2) is 6.25. The molecule has 0 aliphatic rings. The lowest BCUT2D eigenvalue weighted by molar-refractivity contribution is 0.0703. The number of aliphatic hydroxyl groups excluding tert-OH is 1. The molecule has 0 fully saturated rings. The second-order valence-electron chi connectivity index (χ2n) is 3.99. The van der Waals surface area contributed by atoms with Gasteiger partial charge in [0.25, 0.3) is 5.91 Å². The average Bonchev–Trinajstić information content (AvgIpc) is 2.28. The summed E-state index contributed by atoms with van der Waals surface area (Å²) in [6, 6.07) is 7.00. The summed E-state index contributed by atoms with van der Waals surface area (Å²) in [5, 5.41) is 9.22. The van der Waals surface area contributed by atoms with Gasteiger partial charge in [-0.2, -0.15) is 0 Å². The molecule has 94 valence electrons. The highest BCUT2D eigenvalue weighted by Crippen LogP contribution is 2.13. The molecule has 4 heteroatoms. The van der Waals surface area contributed by atoms with Gasteiger partial charge in [0.05, 0.1) is 12.7 Å². The summed E-state index contributed by atoms with van der Waals surface area (Å²) in [7, 11) is 1.67. The minimum Gasteiger partial charge on any atom is -0.494 e. The van der Waals surface area contributed by atoms with Crippen molar-refractivity contribution >= 4 is 5.91 Å². The highest BCUT2D eigenvalue weighted by molar-refractivity contribution is 5.94. The number of likely N-dealkylation sites (N-methyl/N-ethyl adjacent to an activating group) is 1. The van der Waals surface area contributed by atoms with Crippen LogP contribution >= 0.6 is 0 Å². The Morgan fingerprint density at radius 2 is 2.00 bits per heavy atom. The first-order valence-electron chi connectivity index (χ1n) is 5.71. The minimum absolute atomic E-state index is 0.103. The van der Waals surface area contributed by atoms with Gasteiger partial charge in [0.1, 0.15) is 5.75 Å². The SMILES string of the molecule is CCOc1ccc(C(=O)N(C)CC(C)O)cc1. The fourth-order valence-electron chi connectivity index (χ4n) is 1.56. The van der Waals surface area contributed by atoms with E-state index in [9.17, 15) is 9.90 Å². The molecule has 0 spiro atoms. The Bertz CT molecular complexity index is 359. The molecular formula is C13H19NO3. The van der Waals surface area contributed by atoms with Crippen LogP contribution in [-0.2, 0) is 0 Å². The van der Waals surface area contributed by atoms with Crippen LogP contribution in [0.3, 0.4) is 0 Å². The van der Waals surface area contributed by atoms with E-state index in [-0.39, 0.29) is 5.91 Å². The standard InChI is InChI=1S/C13H19NO3/c1-4-17-12-7-5-11(6-8-12)13(16)14(3)9-10(2)15/h5-8,10,15H,4,9H2,1-3H3. The van der Waals surface area contributed by atoms with E-state index < -0.39 is 6.10 Å². The van der Waals surface area contributed by atoms with Crippen LogP contribution < -0.4 is 4.74 Å². The summed E-state index contributed by atoms with van der Waals surface area (Å²) in [6.07, 6.45) is -0.522. The maximum absolute atomic E-state index is 11.9. The van der Waals surface area contributed by atoms with Crippen molar-refractivity contribution in [2.24, 2.45) is 0 Å². The number of ether oxygens (including phenoxy) is 1. The highest BCUT2D eigenvalue weighted by atomic mass is 16.5. The van der Waals surface area contributed by atoms with Gasteiger partial charge < -0.3 is 14.7 Å². The van der Waals surface area contributed by atoms with Crippen LogP contribution in [0.2, 0.25) is 0 Å². The van der Waals surface area contributed by atoms with E-state index in [1.807, 2.05) is 6.92 Å². The van der Waals surface area contributed by atoms with Crippen LogP contribution in [-0.4, -0.2) is 42.2 Å². The molecule has 1 aromatic carbocycles. The molecule has 1 rings (SSSR count). The summed E-state index contributed by atoms with van der Waals surface area (Å²) in [6.45, 7) is 4.50. The molecule has 0 heterocycles. The van der Waals surface area contributed by atoms with E-state index in [1.54, 1.807) is 38.2 Å². The Hall–Kier alpha value is -1.55. The molecule has 1 amide bonds. The zero-order chi connectivity index (χ0) is 12.8. The predicted octanol–water partition coefficient (Wildman–Crippen LogP) is 1.54. The lowest BCUT2D eigenvalue weighted by Crippen LogP contribution is -2.32. The maximum atomic E-state index is 11.9. The zero-order valence-electron chi connectivity index (χ0n) is 10.5. The molecule has 0 aliphatic heterocycles. The first kappa shape index (κ1) is 13.5. The van der Waals surface area contributed by atoms with Gasteiger partial charge >= 0.3 is 0 Å². The van der Waals surface area contributed by atoms with E-state index >= 15 is 0 Å². The number of carbonyl (C=O) groups is 1. The van der Waals surface area contributed by atoms with Crippen molar-refractivity contribution in [2.75, 3.05) is 20.2 Å². The van der Waals surface area contributed by atoms with Crippen molar-refractivity contribution in [2.45, 2.75) is 20.0 Å². The average molecular weight is 237 g/mol. The number of carbonyl (C=O) groups excluding carboxylic acids is 1. The molecule has 1 aromatic rings. The quantitative estimate of drug-likeness (QED) is 0.845. The van der Waals surface area contributed by atoms with Gasteiger partial charge in [0.15, 0.2) is 0 Å². The van der Waals surface area contributed by atoms with Crippen LogP contribution in [0, 0.1) is 0 Å². The Morgan fingerprint density at radius 3 is 2.47 bits per heavy atom. The minimum atomic E-state index is -0.522. The zero-order valence-corrected chi connectivity index (χ0v) is 10.5. The fraction of sp³-hybridized carbons (Fsp3) is 0.462. The number of hydrogen-bond donors (Lipinski definition) is 1. The summed E-state index contributed by atoms with van der Waals surface area (Å²) < 4.78 is 5.30. The van der Waals surface area contributed by atoms with Gasteiger partial charge in [-0.15, -0.1) is 0 Å². The summed E-state index contributed by atoms with van der Waals surface area (Å²) in [5.41, 5.74) is 0.594. The van der Waals surface area contributed by atoms with Gasteiger partial charge in [0.2, 0.25) is 0 Å². The number of hydrogen-bond acceptors (Lipinski definition) is 3. The molecule has 0 aliphatic carbocycles. The van der Waals surface area contributed by atoms with Gasteiger partial charge in [-0.1, -0.05) is 0 Å². The molecule has 0 saturated carbocycles. The smallest absolute Gasteiger partial charge is 0.253 e. The summed E-state index contributed by atoms with van der Waals surface area (Å²) in [5.74, 6) is 0.649. The Balaban J connectivity index is 2.69. The molecule has 1 unspecified atom stereocenters. The van der Waals surface area contributed by atoms with Crippen molar-refractivity contribution in [3.05, 3.63) is 29.8 Å². The predicted molar refractivity (Wildman–Crippen MR) is 66.3 cm³/mol. The summed E-state index contributed by atoms with van der Waals surface area (Å²) >= 11 is 0. The van der Waals surface area contributed by atoms with Gasteiger partial charge in [-0.25, -0.2) is 0 Å². The normalized spacial score (nSPS) is 12.0. The number of aliphatic hydroxyl groups is 1. The van der Waals surface area contributed by atoms with E-state index in [1.165, 1.54) is 4.90 Å². The van der Waals surface area contributed by atoms with Crippen LogP contribution in [0.4, 0.5) is 0 Å². The Labute approximate surface area is 102 Å². The van der Waals surface area contributed by atoms with Crippen molar-refractivity contribution in [1.82, 2.24) is 4.90 Å². The Morgan fingerprint density at radius 1 is 1.41 bits per heavy atom. The first-order chi connectivity index (χ1) is 8.04. The maximum Gasteiger partial charge on any atom is 0.253 e. The molecule has 0 aromatic heterocycles. The monoisotopic (exact) mass is 237 g/mol. The third-order valence-electron chi connectivity index (χ3n) is 2.30. The molecule has 0 saturated heterocycles. The van der Waals surface area contributed by atoms with E-state index in [4.69, 9.17) is 4.74 Å². The molecule has 1 atom stereocenters. The molecular weight excluding hydrogens is 218 g/mol. The van der Waals surface area contributed by atoms with Crippen LogP contribution in [0.5, 0.6) is 5.75 Å². The van der Waals surface area contributed by atoms with E-state index in [0.29, 0.717) is 18.7 Å². The molecule has 1 N–H and O–H groups in total.